The van der Waals surface area contributed by atoms with E-state index in [1.807, 2.05) is 31.2 Å². The monoisotopic (exact) mass is 377 g/mol. The van der Waals surface area contributed by atoms with Crippen molar-refractivity contribution in [2.24, 2.45) is 0 Å². The molecule has 1 aromatic carbocycles. The quantitative estimate of drug-likeness (QED) is 0.554. The van der Waals surface area contributed by atoms with E-state index in [-0.39, 0.29) is 12.5 Å². The Bertz CT molecular complexity index is 571. The van der Waals surface area contributed by atoms with Crippen LogP contribution < -0.4 is 14.8 Å². The SMILES string of the molecule is C=CCNC(=O)CN1CCN(CC(O)COc2ccc(OCC)cc2)CC1. The van der Waals surface area contributed by atoms with E-state index in [1.165, 1.54) is 0 Å². The molecule has 0 saturated carbocycles. The molecular weight excluding hydrogens is 346 g/mol. The number of aliphatic hydroxyl groups excluding tert-OH is 1. The summed E-state index contributed by atoms with van der Waals surface area (Å²) in [4.78, 5) is 16.0. The van der Waals surface area contributed by atoms with Gasteiger partial charge in [-0.15, -0.1) is 6.58 Å². The molecule has 1 unspecified atom stereocenters. The molecule has 2 N–H and O–H groups in total. The Labute approximate surface area is 161 Å². The lowest BCUT2D eigenvalue weighted by atomic mass is 10.2. The van der Waals surface area contributed by atoms with Gasteiger partial charge in [0.25, 0.3) is 0 Å². The number of carbonyl (C=O) groups excluding carboxylic acids is 1. The van der Waals surface area contributed by atoms with Gasteiger partial charge in [0.1, 0.15) is 24.2 Å². The van der Waals surface area contributed by atoms with Gasteiger partial charge in [0.15, 0.2) is 0 Å². The fraction of sp³-hybridized carbons (Fsp3) is 0.550. The molecule has 0 spiro atoms. The number of hydrogen-bond acceptors (Lipinski definition) is 6. The van der Waals surface area contributed by atoms with Gasteiger partial charge in [-0.25, -0.2) is 0 Å². The molecule has 0 aromatic heterocycles. The first-order valence-corrected chi connectivity index (χ1v) is 9.46. The molecule has 0 radical (unpaired) electrons. The number of nitrogens with one attached hydrogen (secondary N) is 1. The van der Waals surface area contributed by atoms with E-state index in [0.29, 0.717) is 32.0 Å². The van der Waals surface area contributed by atoms with Crippen LogP contribution in [0.2, 0.25) is 0 Å². The second kappa shape index (κ2) is 11.6. The number of β-amino-alcohol motifs (C(OH)–C–C–N with tert-alkyl or cyclic N) is 1. The maximum absolute atomic E-state index is 11.7. The maximum atomic E-state index is 11.7. The van der Waals surface area contributed by atoms with Crippen molar-refractivity contribution >= 4 is 5.91 Å². The minimum Gasteiger partial charge on any atom is -0.494 e. The number of nitrogens with zero attached hydrogens (tertiary/aromatic N) is 2. The number of ether oxygens (including phenoxy) is 2. The highest BCUT2D eigenvalue weighted by Crippen LogP contribution is 2.17. The van der Waals surface area contributed by atoms with Crippen molar-refractivity contribution in [3.8, 4) is 11.5 Å². The summed E-state index contributed by atoms with van der Waals surface area (Å²) in [6.07, 6.45) is 1.12. The molecule has 1 heterocycles. The van der Waals surface area contributed by atoms with E-state index in [4.69, 9.17) is 9.47 Å². The summed E-state index contributed by atoms with van der Waals surface area (Å²) in [5.41, 5.74) is 0. The Morgan fingerprint density at radius 3 is 2.37 bits per heavy atom. The van der Waals surface area contributed by atoms with Gasteiger partial charge in [0, 0.05) is 39.3 Å². The van der Waals surface area contributed by atoms with Crippen LogP contribution in [-0.2, 0) is 4.79 Å². The van der Waals surface area contributed by atoms with Gasteiger partial charge in [-0.05, 0) is 31.2 Å². The highest BCUT2D eigenvalue weighted by atomic mass is 16.5. The third-order valence-electron chi connectivity index (χ3n) is 4.32. The third kappa shape index (κ3) is 7.99. The third-order valence-corrected chi connectivity index (χ3v) is 4.32. The zero-order valence-electron chi connectivity index (χ0n) is 16.1. The number of rotatable bonds is 11. The van der Waals surface area contributed by atoms with Crippen LogP contribution in [0, 0.1) is 0 Å². The Morgan fingerprint density at radius 2 is 1.78 bits per heavy atom. The first-order chi connectivity index (χ1) is 13.1. The number of aliphatic hydroxyl groups is 1. The average Bonchev–Trinajstić information content (AvgIpc) is 2.67. The van der Waals surface area contributed by atoms with Gasteiger partial charge in [-0.2, -0.15) is 0 Å². The molecular formula is C20H31N3O4. The second-order valence-electron chi connectivity index (χ2n) is 6.54. The van der Waals surface area contributed by atoms with Gasteiger partial charge < -0.3 is 19.9 Å². The van der Waals surface area contributed by atoms with Crippen LogP contribution in [0.15, 0.2) is 36.9 Å². The minimum absolute atomic E-state index is 0.0205. The summed E-state index contributed by atoms with van der Waals surface area (Å²) < 4.78 is 11.0. The van der Waals surface area contributed by atoms with E-state index >= 15 is 0 Å². The van der Waals surface area contributed by atoms with Crippen LogP contribution in [0.4, 0.5) is 0 Å². The molecule has 1 atom stereocenters. The number of benzene rings is 1. The largest absolute Gasteiger partial charge is 0.494 e. The summed E-state index contributed by atoms with van der Waals surface area (Å²) in [5, 5.41) is 13.0. The summed E-state index contributed by atoms with van der Waals surface area (Å²) in [6, 6.07) is 7.40. The normalized spacial score (nSPS) is 16.5. The van der Waals surface area contributed by atoms with Crippen LogP contribution in [0.25, 0.3) is 0 Å². The molecule has 0 aliphatic carbocycles. The van der Waals surface area contributed by atoms with Crippen LogP contribution in [0.3, 0.4) is 0 Å². The van der Waals surface area contributed by atoms with Gasteiger partial charge in [0.05, 0.1) is 13.2 Å². The molecule has 1 aliphatic rings. The Kier molecular flexibility index (Phi) is 9.10. The predicted molar refractivity (Wildman–Crippen MR) is 105 cm³/mol. The zero-order valence-corrected chi connectivity index (χ0v) is 16.1. The lowest BCUT2D eigenvalue weighted by molar-refractivity contribution is -0.122. The molecule has 150 valence electrons. The van der Waals surface area contributed by atoms with Crippen molar-refractivity contribution in [2.75, 3.05) is 59.0 Å². The van der Waals surface area contributed by atoms with Crippen molar-refractivity contribution in [1.29, 1.82) is 0 Å². The van der Waals surface area contributed by atoms with Crippen molar-refractivity contribution in [1.82, 2.24) is 15.1 Å². The number of hydrogen-bond donors (Lipinski definition) is 2. The lowest BCUT2D eigenvalue weighted by Gasteiger charge is -2.35. The van der Waals surface area contributed by atoms with E-state index in [1.54, 1.807) is 6.08 Å². The van der Waals surface area contributed by atoms with Crippen molar-refractivity contribution in [3.05, 3.63) is 36.9 Å². The fourth-order valence-electron chi connectivity index (χ4n) is 2.92. The summed E-state index contributed by atoms with van der Waals surface area (Å²) in [7, 11) is 0. The molecule has 27 heavy (non-hydrogen) atoms. The fourth-order valence-corrected chi connectivity index (χ4v) is 2.92. The summed E-state index contributed by atoms with van der Waals surface area (Å²) >= 11 is 0. The van der Waals surface area contributed by atoms with Crippen LogP contribution in [-0.4, -0.2) is 85.9 Å². The molecule has 1 aliphatic heterocycles. The lowest BCUT2D eigenvalue weighted by Crippen LogP contribution is -2.51. The molecule has 1 aromatic rings. The molecule has 1 amide bonds. The van der Waals surface area contributed by atoms with E-state index in [0.717, 1.165) is 31.9 Å². The van der Waals surface area contributed by atoms with Crippen LogP contribution in [0.5, 0.6) is 11.5 Å². The van der Waals surface area contributed by atoms with Crippen LogP contribution in [0.1, 0.15) is 6.92 Å². The average molecular weight is 377 g/mol. The van der Waals surface area contributed by atoms with E-state index in [9.17, 15) is 9.90 Å². The predicted octanol–water partition coefficient (Wildman–Crippen LogP) is 0.745. The first-order valence-electron chi connectivity index (χ1n) is 9.46. The van der Waals surface area contributed by atoms with E-state index < -0.39 is 6.10 Å². The van der Waals surface area contributed by atoms with Crippen molar-refractivity contribution < 1.29 is 19.4 Å². The number of amides is 1. The van der Waals surface area contributed by atoms with Crippen molar-refractivity contribution in [3.63, 3.8) is 0 Å². The maximum Gasteiger partial charge on any atom is 0.234 e. The number of carbonyl (C=O) groups is 1. The van der Waals surface area contributed by atoms with Gasteiger partial charge >= 0.3 is 0 Å². The molecule has 1 fully saturated rings. The van der Waals surface area contributed by atoms with Gasteiger partial charge in [0.2, 0.25) is 5.91 Å². The minimum atomic E-state index is -0.556. The highest BCUT2D eigenvalue weighted by Gasteiger charge is 2.20. The summed E-state index contributed by atoms with van der Waals surface area (Å²) in [6.45, 7) is 11.2. The smallest absolute Gasteiger partial charge is 0.234 e. The Balaban J connectivity index is 1.63. The van der Waals surface area contributed by atoms with E-state index in [2.05, 4.69) is 21.7 Å². The second-order valence-corrected chi connectivity index (χ2v) is 6.54. The highest BCUT2D eigenvalue weighted by molar-refractivity contribution is 5.78. The Morgan fingerprint density at radius 1 is 1.19 bits per heavy atom. The van der Waals surface area contributed by atoms with Crippen molar-refractivity contribution in [2.45, 2.75) is 13.0 Å². The topological polar surface area (TPSA) is 74.3 Å². The molecule has 7 nitrogen and oxygen atoms in total. The molecule has 2 rings (SSSR count). The van der Waals surface area contributed by atoms with Crippen LogP contribution >= 0.6 is 0 Å². The first kappa shape index (κ1) is 21.2. The molecule has 7 heteroatoms. The zero-order chi connectivity index (χ0) is 19.5. The van der Waals surface area contributed by atoms with Gasteiger partial charge in [-0.1, -0.05) is 6.08 Å². The standard InChI is InChI=1S/C20H31N3O4/c1-3-9-21-20(25)15-23-12-10-22(11-13-23)14-17(24)16-27-19-7-5-18(6-8-19)26-4-2/h3,5-8,17,24H,1,4,9-16H2,2H3,(H,21,25). The Hall–Kier alpha value is -2.09. The number of piperazine rings is 1. The van der Waals surface area contributed by atoms with Gasteiger partial charge in [-0.3, -0.25) is 14.6 Å². The summed E-state index contributed by atoms with van der Waals surface area (Å²) in [5.74, 6) is 1.54. The molecule has 1 saturated heterocycles. The molecule has 0 bridgehead atoms.